The van der Waals surface area contributed by atoms with Crippen molar-refractivity contribution in [3.05, 3.63) is 0 Å². The van der Waals surface area contributed by atoms with Crippen LogP contribution in [0, 0.1) is 23.7 Å². The Morgan fingerprint density at radius 2 is 1.25 bits per heavy atom. The van der Waals surface area contributed by atoms with Crippen LogP contribution in [0.4, 0.5) is 0 Å². The Morgan fingerprint density at radius 1 is 0.812 bits per heavy atom. The van der Waals surface area contributed by atoms with E-state index in [0.717, 1.165) is 23.7 Å². The van der Waals surface area contributed by atoms with Crippen molar-refractivity contribution in [1.29, 1.82) is 0 Å². The first-order chi connectivity index (χ1) is 7.66. The molecule has 1 unspecified atom stereocenters. The van der Waals surface area contributed by atoms with Crippen LogP contribution >= 0.6 is 0 Å². The SMILES string of the molecule is CC1CCC(C(C)C2CCC(N)CC2)CC1. The van der Waals surface area contributed by atoms with E-state index < -0.39 is 0 Å². The maximum atomic E-state index is 5.99. The Morgan fingerprint density at radius 3 is 1.75 bits per heavy atom. The molecule has 0 aromatic rings. The minimum Gasteiger partial charge on any atom is -0.328 e. The Hall–Kier alpha value is -0.0400. The predicted octanol–water partition coefficient (Wildman–Crippen LogP) is 3.97. The highest BCUT2D eigenvalue weighted by molar-refractivity contribution is 4.83. The zero-order valence-electron chi connectivity index (χ0n) is 11.1. The third-order valence-corrected chi connectivity index (χ3v) is 5.36. The zero-order valence-corrected chi connectivity index (χ0v) is 11.1. The highest BCUT2D eigenvalue weighted by atomic mass is 14.6. The van der Waals surface area contributed by atoms with Crippen LogP contribution in [0.2, 0.25) is 0 Å². The number of hydrogen-bond donors (Lipinski definition) is 1. The lowest BCUT2D eigenvalue weighted by Gasteiger charge is -2.38. The van der Waals surface area contributed by atoms with E-state index in [9.17, 15) is 0 Å². The van der Waals surface area contributed by atoms with E-state index in [2.05, 4.69) is 13.8 Å². The fourth-order valence-corrected chi connectivity index (χ4v) is 3.87. The molecule has 0 amide bonds. The van der Waals surface area contributed by atoms with E-state index in [1.165, 1.54) is 51.4 Å². The molecule has 0 saturated heterocycles. The fourth-order valence-electron chi connectivity index (χ4n) is 3.87. The van der Waals surface area contributed by atoms with Gasteiger partial charge in [0.25, 0.3) is 0 Å². The number of hydrogen-bond acceptors (Lipinski definition) is 1. The smallest absolute Gasteiger partial charge is 0.00390 e. The third-order valence-electron chi connectivity index (χ3n) is 5.36. The van der Waals surface area contributed by atoms with Gasteiger partial charge < -0.3 is 5.73 Å². The summed E-state index contributed by atoms with van der Waals surface area (Å²) in [6.45, 7) is 4.93. The molecule has 2 fully saturated rings. The molecule has 2 rings (SSSR count). The van der Waals surface area contributed by atoms with Gasteiger partial charge in [0.2, 0.25) is 0 Å². The molecule has 0 heterocycles. The molecular formula is C15H29N. The van der Waals surface area contributed by atoms with Gasteiger partial charge in [-0.2, -0.15) is 0 Å². The summed E-state index contributed by atoms with van der Waals surface area (Å²) in [5.74, 6) is 3.96. The first kappa shape index (κ1) is 12.4. The molecule has 0 spiro atoms. The molecule has 0 radical (unpaired) electrons. The molecule has 16 heavy (non-hydrogen) atoms. The minimum absolute atomic E-state index is 0.509. The van der Waals surface area contributed by atoms with E-state index in [4.69, 9.17) is 5.73 Å². The van der Waals surface area contributed by atoms with Crippen molar-refractivity contribution in [1.82, 2.24) is 0 Å². The molecule has 0 aromatic carbocycles. The van der Waals surface area contributed by atoms with E-state index in [0.29, 0.717) is 6.04 Å². The lowest BCUT2D eigenvalue weighted by atomic mass is 9.68. The molecule has 0 bridgehead atoms. The van der Waals surface area contributed by atoms with E-state index in [1.54, 1.807) is 0 Å². The van der Waals surface area contributed by atoms with Crippen LogP contribution in [0.3, 0.4) is 0 Å². The van der Waals surface area contributed by atoms with Crippen molar-refractivity contribution < 1.29 is 0 Å². The van der Waals surface area contributed by atoms with Gasteiger partial charge in [0.05, 0.1) is 0 Å². The van der Waals surface area contributed by atoms with Gasteiger partial charge in [-0.25, -0.2) is 0 Å². The van der Waals surface area contributed by atoms with Gasteiger partial charge in [-0.1, -0.05) is 26.7 Å². The standard InChI is InChI=1S/C15H29N/c1-11-3-5-13(6-4-11)12(2)14-7-9-15(16)10-8-14/h11-15H,3-10,16H2,1-2H3. The van der Waals surface area contributed by atoms with E-state index >= 15 is 0 Å². The van der Waals surface area contributed by atoms with Crippen molar-refractivity contribution in [3.63, 3.8) is 0 Å². The molecule has 94 valence electrons. The summed E-state index contributed by atoms with van der Waals surface area (Å²) in [5, 5.41) is 0. The lowest BCUT2D eigenvalue weighted by molar-refractivity contribution is 0.138. The quantitative estimate of drug-likeness (QED) is 0.753. The highest BCUT2D eigenvalue weighted by Gasteiger charge is 2.30. The normalized spacial score (nSPS) is 42.9. The van der Waals surface area contributed by atoms with Crippen molar-refractivity contribution in [3.8, 4) is 0 Å². The second-order valence-electron chi connectivity index (χ2n) is 6.55. The van der Waals surface area contributed by atoms with Crippen LogP contribution in [-0.2, 0) is 0 Å². The van der Waals surface area contributed by atoms with Gasteiger partial charge in [-0.05, 0) is 62.2 Å². The molecule has 2 N–H and O–H groups in total. The molecule has 1 heteroatoms. The predicted molar refractivity (Wildman–Crippen MR) is 70.2 cm³/mol. The van der Waals surface area contributed by atoms with Gasteiger partial charge in [0.1, 0.15) is 0 Å². The van der Waals surface area contributed by atoms with Crippen LogP contribution in [0.15, 0.2) is 0 Å². The van der Waals surface area contributed by atoms with Crippen LogP contribution in [-0.4, -0.2) is 6.04 Å². The van der Waals surface area contributed by atoms with Crippen molar-refractivity contribution >= 4 is 0 Å². The van der Waals surface area contributed by atoms with Crippen molar-refractivity contribution in [2.45, 2.75) is 71.3 Å². The molecular weight excluding hydrogens is 194 g/mol. The van der Waals surface area contributed by atoms with Gasteiger partial charge in [0, 0.05) is 6.04 Å². The molecule has 0 aliphatic heterocycles. The Bertz CT molecular complexity index is 175. The lowest BCUT2D eigenvalue weighted by Crippen LogP contribution is -2.32. The number of rotatable bonds is 2. The highest BCUT2D eigenvalue weighted by Crippen LogP contribution is 2.40. The maximum Gasteiger partial charge on any atom is 0.00390 e. The van der Waals surface area contributed by atoms with Crippen LogP contribution in [0.5, 0.6) is 0 Å². The molecule has 1 atom stereocenters. The second kappa shape index (κ2) is 5.53. The number of nitrogens with two attached hydrogens (primary N) is 1. The summed E-state index contributed by atoms with van der Waals surface area (Å²) in [7, 11) is 0. The summed E-state index contributed by atoms with van der Waals surface area (Å²) in [4.78, 5) is 0. The molecule has 0 aromatic heterocycles. The van der Waals surface area contributed by atoms with Gasteiger partial charge in [-0.3, -0.25) is 0 Å². The fraction of sp³-hybridized carbons (Fsp3) is 1.00. The summed E-state index contributed by atoms with van der Waals surface area (Å²) < 4.78 is 0. The summed E-state index contributed by atoms with van der Waals surface area (Å²) >= 11 is 0. The molecule has 2 aliphatic rings. The molecule has 2 aliphatic carbocycles. The minimum atomic E-state index is 0.509. The molecule has 2 saturated carbocycles. The van der Waals surface area contributed by atoms with Gasteiger partial charge >= 0.3 is 0 Å². The zero-order chi connectivity index (χ0) is 11.5. The van der Waals surface area contributed by atoms with Crippen LogP contribution < -0.4 is 5.73 Å². The van der Waals surface area contributed by atoms with Crippen LogP contribution in [0.25, 0.3) is 0 Å². The summed E-state index contributed by atoms with van der Waals surface area (Å²) in [6, 6.07) is 0.509. The first-order valence-corrected chi connectivity index (χ1v) is 7.42. The average molecular weight is 223 g/mol. The Balaban J connectivity index is 1.80. The second-order valence-corrected chi connectivity index (χ2v) is 6.55. The molecule has 1 nitrogen and oxygen atoms in total. The van der Waals surface area contributed by atoms with Crippen molar-refractivity contribution in [2.24, 2.45) is 29.4 Å². The monoisotopic (exact) mass is 223 g/mol. The first-order valence-electron chi connectivity index (χ1n) is 7.42. The van der Waals surface area contributed by atoms with Crippen molar-refractivity contribution in [2.75, 3.05) is 0 Å². The van der Waals surface area contributed by atoms with Gasteiger partial charge in [0.15, 0.2) is 0 Å². The van der Waals surface area contributed by atoms with Crippen LogP contribution in [0.1, 0.15) is 65.2 Å². The average Bonchev–Trinajstić information content (AvgIpc) is 2.30. The largest absolute Gasteiger partial charge is 0.328 e. The van der Waals surface area contributed by atoms with Gasteiger partial charge in [-0.15, -0.1) is 0 Å². The van der Waals surface area contributed by atoms with E-state index in [1.807, 2.05) is 0 Å². The third kappa shape index (κ3) is 3.00. The maximum absolute atomic E-state index is 5.99. The Kier molecular flexibility index (Phi) is 4.29. The Labute approximate surface area is 101 Å². The topological polar surface area (TPSA) is 26.0 Å². The summed E-state index contributed by atoms with van der Waals surface area (Å²) in [5.41, 5.74) is 5.99. The van der Waals surface area contributed by atoms with E-state index in [-0.39, 0.29) is 0 Å². The summed E-state index contributed by atoms with van der Waals surface area (Å²) in [6.07, 6.45) is 11.3.